The molecule has 0 saturated heterocycles. The van der Waals surface area contributed by atoms with Crippen molar-refractivity contribution in [1.82, 2.24) is 5.32 Å². The number of thiophene rings is 1. The molecule has 0 aliphatic heterocycles. The van der Waals surface area contributed by atoms with Crippen LogP contribution in [-0.4, -0.2) is 19.6 Å². The number of nitrogens with one attached hydrogen (secondary N) is 1. The number of rotatable bonds is 4. The number of hydrogen-bond donors (Lipinski definition) is 1. The van der Waals surface area contributed by atoms with E-state index in [9.17, 15) is 4.79 Å². The third-order valence-corrected chi connectivity index (χ3v) is 2.47. The molecule has 1 rings (SSSR count). The Kier molecular flexibility index (Phi) is 3.95. The largest absolute Gasteiger partial charge is 0.495 e. The standard InChI is InChI=1S/C9H10N2O2S/c1-13-7-3-6-14-8(7)9(12)11-5-2-4-10/h3,6H,2,5H2,1H3,(H,11,12). The SMILES string of the molecule is COc1ccsc1C(=O)NCCC#N. The molecule has 0 spiro atoms. The van der Waals surface area contributed by atoms with E-state index in [-0.39, 0.29) is 5.91 Å². The molecule has 5 heteroatoms. The minimum Gasteiger partial charge on any atom is -0.495 e. The summed E-state index contributed by atoms with van der Waals surface area (Å²) in [6, 6.07) is 3.69. The van der Waals surface area contributed by atoms with Crippen LogP contribution in [0.1, 0.15) is 16.1 Å². The summed E-state index contributed by atoms with van der Waals surface area (Å²) in [5.41, 5.74) is 0. The van der Waals surface area contributed by atoms with E-state index in [1.807, 2.05) is 6.07 Å². The smallest absolute Gasteiger partial charge is 0.265 e. The zero-order chi connectivity index (χ0) is 10.4. The molecule has 1 amide bonds. The van der Waals surface area contributed by atoms with E-state index in [1.165, 1.54) is 18.4 Å². The fraction of sp³-hybridized carbons (Fsp3) is 0.333. The number of methoxy groups -OCH3 is 1. The van der Waals surface area contributed by atoms with Gasteiger partial charge in [0.1, 0.15) is 10.6 Å². The maximum absolute atomic E-state index is 11.5. The van der Waals surface area contributed by atoms with E-state index in [4.69, 9.17) is 10.00 Å². The first-order valence-electron chi connectivity index (χ1n) is 4.06. The van der Waals surface area contributed by atoms with Crippen LogP contribution >= 0.6 is 11.3 Å². The van der Waals surface area contributed by atoms with E-state index < -0.39 is 0 Å². The van der Waals surface area contributed by atoms with Crippen molar-refractivity contribution in [3.8, 4) is 11.8 Å². The second kappa shape index (κ2) is 5.25. The fourth-order valence-corrected chi connectivity index (χ4v) is 1.71. The van der Waals surface area contributed by atoms with Gasteiger partial charge in [-0.25, -0.2) is 0 Å². The van der Waals surface area contributed by atoms with E-state index >= 15 is 0 Å². The van der Waals surface area contributed by atoms with Crippen LogP contribution in [0, 0.1) is 11.3 Å². The molecular formula is C9H10N2O2S. The minimum absolute atomic E-state index is 0.188. The van der Waals surface area contributed by atoms with E-state index in [0.29, 0.717) is 23.6 Å². The molecule has 1 N–H and O–H groups in total. The van der Waals surface area contributed by atoms with Gasteiger partial charge < -0.3 is 10.1 Å². The molecular weight excluding hydrogens is 200 g/mol. The first-order chi connectivity index (χ1) is 6.79. The van der Waals surface area contributed by atoms with Gasteiger partial charge in [0.2, 0.25) is 0 Å². The molecule has 0 unspecified atom stereocenters. The number of carbonyl (C=O) groups is 1. The Bertz CT molecular complexity index is 354. The van der Waals surface area contributed by atoms with Gasteiger partial charge in [-0.3, -0.25) is 4.79 Å². The maximum Gasteiger partial charge on any atom is 0.265 e. The van der Waals surface area contributed by atoms with Gasteiger partial charge in [0, 0.05) is 6.54 Å². The van der Waals surface area contributed by atoms with E-state index in [0.717, 1.165) is 0 Å². The van der Waals surface area contributed by atoms with Crippen LogP contribution in [0.15, 0.2) is 11.4 Å². The topological polar surface area (TPSA) is 62.1 Å². The lowest BCUT2D eigenvalue weighted by atomic mass is 10.4. The Morgan fingerprint density at radius 2 is 2.57 bits per heavy atom. The van der Waals surface area contributed by atoms with Gasteiger partial charge in [0.05, 0.1) is 19.6 Å². The Hall–Kier alpha value is -1.54. The minimum atomic E-state index is -0.188. The number of hydrogen-bond acceptors (Lipinski definition) is 4. The number of nitrogens with zero attached hydrogens (tertiary/aromatic N) is 1. The normalized spacial score (nSPS) is 9.14. The second-order valence-electron chi connectivity index (χ2n) is 2.48. The van der Waals surface area contributed by atoms with E-state index in [2.05, 4.69) is 5.32 Å². The van der Waals surface area contributed by atoms with Gasteiger partial charge in [-0.2, -0.15) is 5.26 Å². The molecule has 1 heterocycles. The van der Waals surface area contributed by atoms with Gasteiger partial charge in [-0.05, 0) is 11.4 Å². The lowest BCUT2D eigenvalue weighted by Gasteiger charge is -2.02. The predicted molar refractivity (Wildman–Crippen MR) is 53.4 cm³/mol. The van der Waals surface area contributed by atoms with Crippen LogP contribution in [0.4, 0.5) is 0 Å². The average molecular weight is 210 g/mol. The summed E-state index contributed by atoms with van der Waals surface area (Å²) in [5.74, 6) is 0.386. The number of nitriles is 1. The molecule has 0 fully saturated rings. The fourth-order valence-electron chi connectivity index (χ4n) is 0.936. The van der Waals surface area contributed by atoms with Crippen molar-refractivity contribution in [2.24, 2.45) is 0 Å². The summed E-state index contributed by atoms with van der Waals surface area (Å²) in [6.45, 7) is 0.371. The van der Waals surface area contributed by atoms with Crippen molar-refractivity contribution in [2.75, 3.05) is 13.7 Å². The highest BCUT2D eigenvalue weighted by Gasteiger charge is 2.12. The summed E-state index contributed by atoms with van der Waals surface area (Å²) >= 11 is 1.32. The zero-order valence-electron chi connectivity index (χ0n) is 7.74. The summed E-state index contributed by atoms with van der Waals surface area (Å²) in [6.07, 6.45) is 0.319. The Morgan fingerprint density at radius 3 is 3.21 bits per heavy atom. The third kappa shape index (κ3) is 2.47. The van der Waals surface area contributed by atoms with Gasteiger partial charge in [0.15, 0.2) is 0 Å². The van der Waals surface area contributed by atoms with Crippen molar-refractivity contribution in [3.63, 3.8) is 0 Å². The molecule has 4 nitrogen and oxygen atoms in total. The molecule has 0 aliphatic carbocycles. The molecule has 14 heavy (non-hydrogen) atoms. The molecule has 74 valence electrons. The first kappa shape index (κ1) is 10.5. The lowest BCUT2D eigenvalue weighted by molar-refractivity contribution is 0.0956. The maximum atomic E-state index is 11.5. The van der Waals surface area contributed by atoms with Crippen molar-refractivity contribution in [1.29, 1.82) is 5.26 Å². The van der Waals surface area contributed by atoms with Gasteiger partial charge >= 0.3 is 0 Å². The highest BCUT2D eigenvalue weighted by atomic mass is 32.1. The Labute approximate surface area is 86.1 Å². The summed E-state index contributed by atoms with van der Waals surface area (Å²) in [4.78, 5) is 12.0. The van der Waals surface area contributed by atoms with Gasteiger partial charge in [-0.1, -0.05) is 0 Å². The third-order valence-electron chi connectivity index (χ3n) is 1.58. The molecule has 0 aliphatic rings. The zero-order valence-corrected chi connectivity index (χ0v) is 8.56. The number of amides is 1. The average Bonchev–Trinajstić information content (AvgIpc) is 2.65. The molecule has 0 saturated carbocycles. The van der Waals surface area contributed by atoms with Crippen molar-refractivity contribution in [2.45, 2.75) is 6.42 Å². The molecule has 1 aromatic rings. The van der Waals surface area contributed by atoms with Gasteiger partial charge in [0.25, 0.3) is 5.91 Å². The Morgan fingerprint density at radius 1 is 1.79 bits per heavy atom. The molecule has 0 radical (unpaired) electrons. The Balaban J connectivity index is 2.57. The van der Waals surface area contributed by atoms with Crippen LogP contribution < -0.4 is 10.1 Å². The van der Waals surface area contributed by atoms with Crippen molar-refractivity contribution in [3.05, 3.63) is 16.3 Å². The quantitative estimate of drug-likeness (QED) is 0.764. The molecule has 1 aromatic heterocycles. The highest BCUT2D eigenvalue weighted by molar-refractivity contribution is 7.12. The van der Waals surface area contributed by atoms with E-state index in [1.54, 1.807) is 11.4 Å². The lowest BCUT2D eigenvalue weighted by Crippen LogP contribution is -2.23. The first-order valence-corrected chi connectivity index (χ1v) is 4.94. The summed E-state index contributed by atoms with van der Waals surface area (Å²) < 4.78 is 5.00. The number of carbonyl (C=O) groups excluding carboxylic acids is 1. The van der Waals surface area contributed by atoms with Crippen LogP contribution in [0.5, 0.6) is 5.75 Å². The monoisotopic (exact) mass is 210 g/mol. The summed E-state index contributed by atoms with van der Waals surface area (Å²) in [5, 5.41) is 12.7. The van der Waals surface area contributed by atoms with Crippen LogP contribution in [0.2, 0.25) is 0 Å². The van der Waals surface area contributed by atoms with Crippen LogP contribution in [0.3, 0.4) is 0 Å². The predicted octanol–water partition coefficient (Wildman–Crippen LogP) is 1.40. The van der Waals surface area contributed by atoms with Crippen molar-refractivity contribution >= 4 is 17.2 Å². The molecule has 0 aromatic carbocycles. The molecule has 0 bridgehead atoms. The van der Waals surface area contributed by atoms with Crippen LogP contribution in [-0.2, 0) is 0 Å². The van der Waals surface area contributed by atoms with Crippen molar-refractivity contribution < 1.29 is 9.53 Å². The van der Waals surface area contributed by atoms with Crippen LogP contribution in [0.25, 0.3) is 0 Å². The van der Waals surface area contributed by atoms with Gasteiger partial charge in [-0.15, -0.1) is 11.3 Å². The second-order valence-corrected chi connectivity index (χ2v) is 3.40. The molecule has 0 atom stereocenters. The number of ether oxygens (including phenoxy) is 1. The summed E-state index contributed by atoms with van der Waals surface area (Å²) in [7, 11) is 1.52. The highest BCUT2D eigenvalue weighted by Crippen LogP contribution is 2.23.